The van der Waals surface area contributed by atoms with E-state index >= 15 is 0 Å². The molecule has 1 aromatic rings. The van der Waals surface area contributed by atoms with Crippen LogP contribution in [-0.4, -0.2) is 11.1 Å². The zero-order chi connectivity index (χ0) is 15.2. The largest absolute Gasteiger partial charge is 0.478 e. The summed E-state index contributed by atoms with van der Waals surface area (Å²) < 4.78 is 13.6. The second kappa shape index (κ2) is 7.39. The highest BCUT2D eigenvalue weighted by molar-refractivity contribution is 5.87. The second-order valence-electron chi connectivity index (χ2n) is 6.07. The first-order valence-electron chi connectivity index (χ1n) is 7.72. The molecule has 0 bridgehead atoms. The lowest BCUT2D eigenvalue weighted by Crippen LogP contribution is -2.14. The van der Waals surface area contributed by atoms with E-state index in [0.29, 0.717) is 5.92 Å². The normalized spacial score (nSPS) is 22.0. The first-order valence-corrected chi connectivity index (χ1v) is 7.72. The Bertz CT molecular complexity index is 502. The number of benzene rings is 1. The van der Waals surface area contributed by atoms with Crippen LogP contribution in [0.25, 0.3) is 0 Å². The molecule has 0 radical (unpaired) electrons. The van der Waals surface area contributed by atoms with E-state index in [1.165, 1.54) is 37.8 Å². The molecule has 0 saturated heterocycles. The number of carboxylic acid groups (broad SMARTS) is 1. The van der Waals surface area contributed by atoms with Gasteiger partial charge in [-0.2, -0.15) is 0 Å². The number of carboxylic acids is 1. The van der Waals surface area contributed by atoms with Gasteiger partial charge < -0.3 is 5.11 Å². The van der Waals surface area contributed by atoms with Crippen molar-refractivity contribution in [2.45, 2.75) is 44.9 Å². The Hall–Kier alpha value is -1.64. The Morgan fingerprint density at radius 2 is 1.95 bits per heavy atom. The number of carbonyl (C=O) groups is 1. The third-order valence-electron chi connectivity index (χ3n) is 4.57. The van der Waals surface area contributed by atoms with Crippen molar-refractivity contribution in [2.75, 3.05) is 0 Å². The predicted octanol–water partition coefficient (Wildman–Crippen LogP) is 4.84. The fraction of sp³-hybridized carbons (Fsp3) is 0.500. The summed E-state index contributed by atoms with van der Waals surface area (Å²) in [6.07, 6.45) is 10.0. The molecule has 0 unspecified atom stereocenters. The Kier molecular flexibility index (Phi) is 5.54. The van der Waals surface area contributed by atoms with E-state index in [-0.39, 0.29) is 5.56 Å². The van der Waals surface area contributed by atoms with Crippen LogP contribution >= 0.6 is 0 Å². The number of rotatable bonds is 6. The summed E-state index contributed by atoms with van der Waals surface area (Å²) in [5, 5.41) is 8.81. The van der Waals surface area contributed by atoms with E-state index in [1.54, 1.807) is 6.07 Å². The summed E-state index contributed by atoms with van der Waals surface area (Å²) in [6, 6.07) is 4.47. The van der Waals surface area contributed by atoms with Crippen LogP contribution in [0.2, 0.25) is 0 Å². The maximum atomic E-state index is 13.6. The Morgan fingerprint density at radius 3 is 2.52 bits per heavy atom. The quantitative estimate of drug-likeness (QED) is 0.761. The summed E-state index contributed by atoms with van der Waals surface area (Å²) in [4.78, 5) is 10.8. The smallest absolute Gasteiger partial charge is 0.338 e. The average Bonchev–Trinajstić information content (AvgIpc) is 2.46. The predicted molar refractivity (Wildman–Crippen MR) is 81.9 cm³/mol. The van der Waals surface area contributed by atoms with Gasteiger partial charge in [-0.1, -0.05) is 25.0 Å². The van der Waals surface area contributed by atoms with Crippen molar-refractivity contribution in [1.29, 1.82) is 0 Å². The van der Waals surface area contributed by atoms with E-state index < -0.39 is 11.8 Å². The van der Waals surface area contributed by atoms with Gasteiger partial charge in [0.05, 0.1) is 5.56 Å². The summed E-state index contributed by atoms with van der Waals surface area (Å²) in [5.74, 6) is -0.325. The van der Waals surface area contributed by atoms with Gasteiger partial charge in [-0.3, -0.25) is 0 Å². The third-order valence-corrected chi connectivity index (χ3v) is 4.57. The zero-order valence-electron chi connectivity index (χ0n) is 12.4. The van der Waals surface area contributed by atoms with Crippen LogP contribution in [0, 0.1) is 17.7 Å². The van der Waals surface area contributed by atoms with Gasteiger partial charge in [0.15, 0.2) is 0 Å². The van der Waals surface area contributed by atoms with Gasteiger partial charge in [0.25, 0.3) is 0 Å². The minimum absolute atomic E-state index is 0.247. The molecule has 0 amide bonds. The number of hydrogen-bond acceptors (Lipinski definition) is 1. The molecule has 3 heteroatoms. The summed E-state index contributed by atoms with van der Waals surface area (Å²) in [5.41, 5.74) is 0.648. The van der Waals surface area contributed by atoms with Crippen LogP contribution in [0.5, 0.6) is 0 Å². The maximum absolute atomic E-state index is 13.6. The molecular formula is C18H23FO2. The lowest BCUT2D eigenvalue weighted by molar-refractivity contribution is 0.0692. The molecule has 1 N–H and O–H groups in total. The maximum Gasteiger partial charge on any atom is 0.338 e. The molecule has 0 heterocycles. The zero-order valence-corrected chi connectivity index (χ0v) is 12.4. The van der Waals surface area contributed by atoms with Crippen LogP contribution in [0.3, 0.4) is 0 Å². The topological polar surface area (TPSA) is 37.3 Å². The van der Waals surface area contributed by atoms with E-state index in [1.807, 2.05) is 6.08 Å². The fourth-order valence-electron chi connectivity index (χ4n) is 3.25. The first-order chi connectivity index (χ1) is 10.1. The first kappa shape index (κ1) is 15.7. The highest BCUT2D eigenvalue weighted by atomic mass is 19.1. The molecule has 0 aliphatic heterocycles. The minimum atomic E-state index is -1.21. The molecule has 2 rings (SSSR count). The van der Waals surface area contributed by atoms with E-state index in [0.717, 1.165) is 30.7 Å². The van der Waals surface area contributed by atoms with Crippen molar-refractivity contribution in [3.8, 4) is 0 Å². The van der Waals surface area contributed by atoms with Gasteiger partial charge in [0.2, 0.25) is 0 Å². The number of aryl methyl sites for hydroxylation is 1. The van der Waals surface area contributed by atoms with Crippen molar-refractivity contribution in [2.24, 2.45) is 11.8 Å². The van der Waals surface area contributed by atoms with E-state index in [9.17, 15) is 9.18 Å². The van der Waals surface area contributed by atoms with Gasteiger partial charge in [0, 0.05) is 0 Å². The third kappa shape index (κ3) is 4.42. The van der Waals surface area contributed by atoms with Crippen LogP contribution in [-0.2, 0) is 6.42 Å². The Balaban J connectivity index is 1.82. The number of allylic oxidation sites excluding steroid dienone is 1. The number of aromatic carboxylic acids is 1. The van der Waals surface area contributed by atoms with Crippen molar-refractivity contribution in [3.05, 3.63) is 47.8 Å². The van der Waals surface area contributed by atoms with Crippen LogP contribution in [0.4, 0.5) is 4.39 Å². The summed E-state index contributed by atoms with van der Waals surface area (Å²) >= 11 is 0. The van der Waals surface area contributed by atoms with Crippen molar-refractivity contribution in [3.63, 3.8) is 0 Å². The molecule has 1 aliphatic rings. The lowest BCUT2D eigenvalue weighted by atomic mass is 9.78. The Morgan fingerprint density at radius 1 is 1.29 bits per heavy atom. The molecule has 1 fully saturated rings. The van der Waals surface area contributed by atoms with E-state index in [2.05, 4.69) is 6.58 Å². The van der Waals surface area contributed by atoms with Crippen LogP contribution in [0.15, 0.2) is 30.9 Å². The molecular weight excluding hydrogens is 267 g/mol. The highest BCUT2D eigenvalue weighted by Gasteiger charge is 2.20. The summed E-state index contributed by atoms with van der Waals surface area (Å²) in [6.45, 7) is 3.80. The molecule has 0 spiro atoms. The number of hydrogen-bond donors (Lipinski definition) is 1. The standard InChI is InChI=1S/C18H23FO2/c1-2-3-13-4-6-14(7-5-13)8-9-15-10-11-16(18(20)21)17(19)12-15/h2,10-14H,1,3-9H2,(H,20,21)/t13-,14-. The molecule has 1 aliphatic carbocycles. The SMILES string of the molecule is C=CC[C@H]1CC[C@H](CCc2ccc(C(=O)O)c(F)c2)CC1. The molecule has 21 heavy (non-hydrogen) atoms. The summed E-state index contributed by atoms with van der Waals surface area (Å²) in [7, 11) is 0. The van der Waals surface area contributed by atoms with Crippen LogP contribution in [0.1, 0.15) is 54.4 Å². The number of halogens is 1. The van der Waals surface area contributed by atoms with Gasteiger partial charge in [-0.15, -0.1) is 6.58 Å². The highest BCUT2D eigenvalue weighted by Crippen LogP contribution is 2.33. The molecule has 2 nitrogen and oxygen atoms in total. The second-order valence-corrected chi connectivity index (χ2v) is 6.07. The van der Waals surface area contributed by atoms with Crippen molar-refractivity contribution in [1.82, 2.24) is 0 Å². The van der Waals surface area contributed by atoms with Crippen molar-refractivity contribution < 1.29 is 14.3 Å². The van der Waals surface area contributed by atoms with Gasteiger partial charge in [0.1, 0.15) is 5.82 Å². The van der Waals surface area contributed by atoms with Gasteiger partial charge in [-0.05, 0) is 61.6 Å². The van der Waals surface area contributed by atoms with Crippen molar-refractivity contribution >= 4 is 5.97 Å². The molecule has 0 aromatic heterocycles. The fourth-order valence-corrected chi connectivity index (χ4v) is 3.25. The molecule has 1 saturated carbocycles. The Labute approximate surface area is 125 Å². The molecule has 0 atom stereocenters. The average molecular weight is 290 g/mol. The minimum Gasteiger partial charge on any atom is -0.478 e. The van der Waals surface area contributed by atoms with Gasteiger partial charge >= 0.3 is 5.97 Å². The molecule has 1 aromatic carbocycles. The molecule has 114 valence electrons. The van der Waals surface area contributed by atoms with E-state index in [4.69, 9.17) is 5.11 Å². The lowest BCUT2D eigenvalue weighted by Gasteiger charge is -2.27. The monoisotopic (exact) mass is 290 g/mol. The van der Waals surface area contributed by atoms with Gasteiger partial charge in [-0.25, -0.2) is 9.18 Å². The van der Waals surface area contributed by atoms with Crippen LogP contribution < -0.4 is 0 Å².